The molecular formula is C15H21FN2O. The van der Waals surface area contributed by atoms with Crippen molar-refractivity contribution in [3.05, 3.63) is 35.6 Å². The van der Waals surface area contributed by atoms with Crippen LogP contribution in [0.1, 0.15) is 19.4 Å². The van der Waals surface area contributed by atoms with E-state index in [4.69, 9.17) is 0 Å². The zero-order chi connectivity index (χ0) is 14.0. The molecule has 2 rings (SSSR count). The molecule has 104 valence electrons. The van der Waals surface area contributed by atoms with Crippen molar-refractivity contribution in [2.24, 2.45) is 0 Å². The van der Waals surface area contributed by atoms with E-state index in [0.717, 1.165) is 0 Å². The van der Waals surface area contributed by atoms with Crippen molar-refractivity contribution in [3.63, 3.8) is 0 Å². The Hall–Kier alpha value is -1.42. The Labute approximate surface area is 114 Å². The van der Waals surface area contributed by atoms with E-state index in [2.05, 4.69) is 25.8 Å². The van der Waals surface area contributed by atoms with Crippen molar-refractivity contribution in [2.45, 2.75) is 32.4 Å². The van der Waals surface area contributed by atoms with Crippen LogP contribution in [0.25, 0.3) is 0 Å². The smallest absolute Gasteiger partial charge is 0.227 e. The summed E-state index contributed by atoms with van der Waals surface area (Å²) in [6.45, 7) is 5.65. The Balaban J connectivity index is 2.03. The fourth-order valence-electron chi connectivity index (χ4n) is 2.52. The minimum absolute atomic E-state index is 0.0110. The average molecular weight is 264 g/mol. The van der Waals surface area contributed by atoms with Crippen LogP contribution in [0, 0.1) is 5.82 Å². The maximum atomic E-state index is 13.6. The van der Waals surface area contributed by atoms with Crippen molar-refractivity contribution in [1.82, 2.24) is 9.80 Å². The Morgan fingerprint density at radius 1 is 1.26 bits per heavy atom. The summed E-state index contributed by atoms with van der Waals surface area (Å²) in [6, 6.07) is 7.17. The van der Waals surface area contributed by atoms with Gasteiger partial charge in [0.15, 0.2) is 0 Å². The Kier molecular flexibility index (Phi) is 4.20. The molecule has 2 atom stereocenters. The molecule has 1 aromatic rings. The molecule has 0 saturated carbocycles. The number of halogens is 1. The predicted molar refractivity (Wildman–Crippen MR) is 73.4 cm³/mol. The molecule has 1 aliphatic heterocycles. The van der Waals surface area contributed by atoms with Gasteiger partial charge in [0.1, 0.15) is 5.82 Å². The lowest BCUT2D eigenvalue weighted by Crippen LogP contribution is -2.56. The maximum Gasteiger partial charge on any atom is 0.227 e. The number of benzene rings is 1. The summed E-state index contributed by atoms with van der Waals surface area (Å²) in [5, 5.41) is 0. The fourth-order valence-corrected chi connectivity index (χ4v) is 2.52. The summed E-state index contributed by atoms with van der Waals surface area (Å²) in [4.78, 5) is 16.4. The zero-order valence-corrected chi connectivity index (χ0v) is 11.8. The highest BCUT2D eigenvalue weighted by atomic mass is 19.1. The minimum Gasteiger partial charge on any atom is -0.339 e. The minimum atomic E-state index is -0.300. The van der Waals surface area contributed by atoms with Gasteiger partial charge in [-0.1, -0.05) is 18.2 Å². The van der Waals surface area contributed by atoms with Crippen LogP contribution in [0.15, 0.2) is 24.3 Å². The van der Waals surface area contributed by atoms with E-state index in [1.54, 1.807) is 18.2 Å². The van der Waals surface area contributed by atoms with Gasteiger partial charge in [0.05, 0.1) is 6.42 Å². The first-order valence-corrected chi connectivity index (χ1v) is 6.72. The van der Waals surface area contributed by atoms with E-state index in [9.17, 15) is 9.18 Å². The number of amides is 1. The van der Waals surface area contributed by atoms with E-state index in [-0.39, 0.29) is 18.1 Å². The van der Waals surface area contributed by atoms with Crippen LogP contribution in [-0.2, 0) is 11.2 Å². The van der Waals surface area contributed by atoms with E-state index in [0.29, 0.717) is 30.7 Å². The molecule has 1 fully saturated rings. The molecule has 1 saturated heterocycles. The van der Waals surface area contributed by atoms with Gasteiger partial charge < -0.3 is 4.90 Å². The number of hydrogen-bond donors (Lipinski definition) is 0. The topological polar surface area (TPSA) is 23.6 Å². The molecular weight excluding hydrogens is 243 g/mol. The molecule has 0 aliphatic carbocycles. The summed E-state index contributed by atoms with van der Waals surface area (Å²) in [5.41, 5.74) is 0.478. The number of nitrogens with zero attached hydrogens (tertiary/aromatic N) is 2. The molecule has 19 heavy (non-hydrogen) atoms. The van der Waals surface area contributed by atoms with Crippen molar-refractivity contribution in [2.75, 3.05) is 20.1 Å². The van der Waals surface area contributed by atoms with E-state index in [1.165, 1.54) is 6.07 Å². The van der Waals surface area contributed by atoms with E-state index < -0.39 is 0 Å². The summed E-state index contributed by atoms with van der Waals surface area (Å²) >= 11 is 0. The first-order chi connectivity index (χ1) is 8.99. The SMILES string of the molecule is CC1CN(C(=O)Cc2ccccc2F)CC(C)N1C. The number of carbonyl (C=O) groups excluding carboxylic acids is 1. The van der Waals surface area contributed by atoms with Gasteiger partial charge in [0, 0.05) is 25.2 Å². The molecule has 1 aromatic carbocycles. The molecule has 3 nitrogen and oxygen atoms in total. The molecule has 1 amide bonds. The van der Waals surface area contributed by atoms with Gasteiger partial charge >= 0.3 is 0 Å². The van der Waals surface area contributed by atoms with E-state index in [1.807, 2.05) is 4.90 Å². The molecule has 4 heteroatoms. The molecule has 0 N–H and O–H groups in total. The second-order valence-corrected chi connectivity index (χ2v) is 5.43. The van der Waals surface area contributed by atoms with Gasteiger partial charge in [0.2, 0.25) is 5.91 Å². The van der Waals surface area contributed by atoms with E-state index >= 15 is 0 Å². The molecule has 0 radical (unpaired) electrons. The normalized spacial score (nSPS) is 24.5. The van der Waals surface area contributed by atoms with Crippen LogP contribution in [0.4, 0.5) is 4.39 Å². The fraction of sp³-hybridized carbons (Fsp3) is 0.533. The maximum absolute atomic E-state index is 13.6. The average Bonchev–Trinajstić information content (AvgIpc) is 2.38. The lowest BCUT2D eigenvalue weighted by atomic mass is 10.1. The van der Waals surface area contributed by atoms with Gasteiger partial charge in [-0.15, -0.1) is 0 Å². The van der Waals surface area contributed by atoms with Gasteiger partial charge in [-0.3, -0.25) is 9.69 Å². The van der Waals surface area contributed by atoms with Crippen LogP contribution < -0.4 is 0 Å². The van der Waals surface area contributed by atoms with Crippen LogP contribution in [0.2, 0.25) is 0 Å². The summed E-state index contributed by atoms with van der Waals surface area (Å²) in [5.74, 6) is -0.289. The monoisotopic (exact) mass is 264 g/mol. The van der Waals surface area contributed by atoms with Crippen LogP contribution in [-0.4, -0.2) is 47.9 Å². The largest absolute Gasteiger partial charge is 0.339 e. The molecule has 1 heterocycles. The molecule has 0 spiro atoms. The third-order valence-corrected chi connectivity index (χ3v) is 4.01. The second kappa shape index (κ2) is 5.70. The van der Waals surface area contributed by atoms with Gasteiger partial charge in [-0.2, -0.15) is 0 Å². The summed E-state index contributed by atoms with van der Waals surface area (Å²) in [7, 11) is 2.08. The number of hydrogen-bond acceptors (Lipinski definition) is 2. The molecule has 0 aromatic heterocycles. The first-order valence-electron chi connectivity index (χ1n) is 6.72. The zero-order valence-electron chi connectivity index (χ0n) is 11.8. The molecule has 2 unspecified atom stereocenters. The highest BCUT2D eigenvalue weighted by Gasteiger charge is 2.29. The first kappa shape index (κ1) is 14.0. The Bertz CT molecular complexity index is 451. The lowest BCUT2D eigenvalue weighted by Gasteiger charge is -2.42. The van der Waals surface area contributed by atoms with Gasteiger partial charge in [-0.25, -0.2) is 4.39 Å². The summed E-state index contributed by atoms with van der Waals surface area (Å²) in [6.07, 6.45) is 0.149. The highest BCUT2D eigenvalue weighted by Crippen LogP contribution is 2.15. The predicted octanol–water partition coefficient (Wildman–Crippen LogP) is 1.92. The van der Waals surface area contributed by atoms with Gasteiger partial charge in [0.25, 0.3) is 0 Å². The number of likely N-dealkylation sites (N-methyl/N-ethyl adjacent to an activating group) is 1. The van der Waals surface area contributed by atoms with Crippen molar-refractivity contribution >= 4 is 5.91 Å². The quantitative estimate of drug-likeness (QED) is 0.815. The standard InChI is InChI=1S/C15H21FN2O/c1-11-9-18(10-12(2)17(11)3)15(19)8-13-6-4-5-7-14(13)16/h4-7,11-12H,8-10H2,1-3H3. The van der Waals surface area contributed by atoms with Crippen molar-refractivity contribution < 1.29 is 9.18 Å². The highest BCUT2D eigenvalue weighted by molar-refractivity contribution is 5.79. The number of rotatable bonds is 2. The van der Waals surface area contributed by atoms with Gasteiger partial charge in [-0.05, 0) is 32.5 Å². The third kappa shape index (κ3) is 3.13. The van der Waals surface area contributed by atoms with Crippen LogP contribution >= 0.6 is 0 Å². The number of carbonyl (C=O) groups is 1. The third-order valence-electron chi connectivity index (χ3n) is 4.01. The molecule has 1 aliphatic rings. The second-order valence-electron chi connectivity index (χ2n) is 5.43. The van der Waals surface area contributed by atoms with Crippen molar-refractivity contribution in [3.8, 4) is 0 Å². The van der Waals surface area contributed by atoms with Crippen LogP contribution in [0.5, 0.6) is 0 Å². The van der Waals surface area contributed by atoms with Crippen LogP contribution in [0.3, 0.4) is 0 Å². The Morgan fingerprint density at radius 3 is 2.42 bits per heavy atom. The molecule has 0 bridgehead atoms. The lowest BCUT2D eigenvalue weighted by molar-refractivity contribution is -0.134. The van der Waals surface area contributed by atoms with Crippen molar-refractivity contribution in [1.29, 1.82) is 0 Å². The summed E-state index contributed by atoms with van der Waals surface area (Å²) < 4.78 is 13.6. The number of piperazine rings is 1. The Morgan fingerprint density at radius 2 is 1.84 bits per heavy atom.